The van der Waals surface area contributed by atoms with E-state index in [1.54, 1.807) is 12.1 Å². The van der Waals surface area contributed by atoms with Crippen molar-refractivity contribution in [3.05, 3.63) is 35.4 Å². The molecule has 100 valence electrons. The molecule has 0 saturated carbocycles. The molecule has 0 unspecified atom stereocenters. The van der Waals surface area contributed by atoms with E-state index in [0.717, 1.165) is 5.56 Å². The number of rotatable bonds is 6. The first-order valence-electron chi connectivity index (χ1n) is 5.28. The Balaban J connectivity index is 2.60. The minimum absolute atomic E-state index is 0.142. The summed E-state index contributed by atoms with van der Waals surface area (Å²) >= 11 is 1.48. The third-order valence-electron chi connectivity index (χ3n) is 2.25. The molecule has 5 nitrogen and oxygen atoms in total. The molecule has 1 aromatic rings. The van der Waals surface area contributed by atoms with Crippen molar-refractivity contribution in [1.82, 2.24) is 5.43 Å². The molecular formula is C11H16N2O3S2. The Morgan fingerprint density at radius 2 is 2.06 bits per heavy atom. The van der Waals surface area contributed by atoms with Crippen molar-refractivity contribution in [3.8, 4) is 0 Å². The first kappa shape index (κ1) is 15.0. The van der Waals surface area contributed by atoms with E-state index in [-0.39, 0.29) is 11.7 Å². The highest BCUT2D eigenvalue weighted by molar-refractivity contribution is 7.99. The number of nitrogens with one attached hydrogen (secondary N) is 1. The summed E-state index contributed by atoms with van der Waals surface area (Å²) in [6.07, 6.45) is 1.21. The zero-order valence-electron chi connectivity index (χ0n) is 10.0. The second kappa shape index (κ2) is 6.77. The summed E-state index contributed by atoms with van der Waals surface area (Å²) in [5.41, 5.74) is 3.46. The molecule has 7 heteroatoms. The molecule has 3 N–H and O–H groups in total. The van der Waals surface area contributed by atoms with E-state index < -0.39 is 9.84 Å². The molecule has 0 aromatic heterocycles. The van der Waals surface area contributed by atoms with Gasteiger partial charge >= 0.3 is 0 Å². The van der Waals surface area contributed by atoms with Crippen LogP contribution in [0.15, 0.2) is 24.3 Å². The normalized spacial score (nSPS) is 11.2. The van der Waals surface area contributed by atoms with Crippen molar-refractivity contribution >= 4 is 27.5 Å². The lowest BCUT2D eigenvalue weighted by Crippen LogP contribution is -2.30. The molecule has 0 atom stereocenters. The summed E-state index contributed by atoms with van der Waals surface area (Å²) in [5.74, 6) is 6.00. The second-order valence-corrected chi connectivity index (χ2v) is 7.18. The molecule has 18 heavy (non-hydrogen) atoms. The van der Waals surface area contributed by atoms with Gasteiger partial charge in [-0.15, -0.1) is 0 Å². The number of hydrogen-bond donors (Lipinski definition) is 2. The van der Waals surface area contributed by atoms with Crippen LogP contribution in [-0.4, -0.2) is 32.1 Å². The molecule has 0 saturated heterocycles. The van der Waals surface area contributed by atoms with E-state index in [2.05, 4.69) is 5.43 Å². The van der Waals surface area contributed by atoms with Gasteiger partial charge < -0.3 is 0 Å². The highest BCUT2D eigenvalue weighted by Gasteiger charge is 2.09. The Kier molecular flexibility index (Phi) is 5.64. The molecular weight excluding hydrogens is 272 g/mol. The van der Waals surface area contributed by atoms with Crippen LogP contribution >= 0.6 is 11.8 Å². The number of amides is 1. The second-order valence-electron chi connectivity index (χ2n) is 3.81. The number of hydrogen-bond acceptors (Lipinski definition) is 5. The quantitative estimate of drug-likeness (QED) is 0.346. The lowest BCUT2D eigenvalue weighted by molar-refractivity contribution is 0.0953. The SMILES string of the molecule is CS(=O)(=O)CCSCc1ccccc1C(=O)NN. The maximum Gasteiger partial charge on any atom is 0.265 e. The van der Waals surface area contributed by atoms with Crippen LogP contribution in [0.5, 0.6) is 0 Å². The van der Waals surface area contributed by atoms with E-state index in [1.807, 2.05) is 12.1 Å². The summed E-state index contributed by atoms with van der Waals surface area (Å²) in [6, 6.07) is 7.11. The van der Waals surface area contributed by atoms with Gasteiger partial charge in [0.05, 0.1) is 5.75 Å². The van der Waals surface area contributed by atoms with Gasteiger partial charge in [0, 0.05) is 23.3 Å². The van der Waals surface area contributed by atoms with Gasteiger partial charge in [0.1, 0.15) is 9.84 Å². The van der Waals surface area contributed by atoms with Crippen molar-refractivity contribution < 1.29 is 13.2 Å². The van der Waals surface area contributed by atoms with E-state index >= 15 is 0 Å². The van der Waals surface area contributed by atoms with Crippen LogP contribution in [-0.2, 0) is 15.6 Å². The lowest BCUT2D eigenvalue weighted by atomic mass is 10.1. The van der Waals surface area contributed by atoms with Gasteiger partial charge in [0.25, 0.3) is 5.91 Å². The van der Waals surface area contributed by atoms with E-state index in [0.29, 0.717) is 17.1 Å². The monoisotopic (exact) mass is 288 g/mol. The zero-order valence-corrected chi connectivity index (χ0v) is 11.7. The largest absolute Gasteiger partial charge is 0.290 e. The molecule has 0 radical (unpaired) electrons. The van der Waals surface area contributed by atoms with Gasteiger partial charge in [-0.2, -0.15) is 11.8 Å². The fourth-order valence-corrected chi connectivity index (χ4v) is 3.64. The van der Waals surface area contributed by atoms with Crippen LogP contribution < -0.4 is 11.3 Å². The molecule has 0 fully saturated rings. The Morgan fingerprint density at radius 3 is 2.67 bits per heavy atom. The van der Waals surface area contributed by atoms with Gasteiger partial charge in [-0.05, 0) is 11.6 Å². The zero-order chi connectivity index (χ0) is 13.6. The van der Waals surface area contributed by atoms with Crippen LogP contribution in [0.1, 0.15) is 15.9 Å². The Morgan fingerprint density at radius 1 is 1.39 bits per heavy atom. The fraction of sp³-hybridized carbons (Fsp3) is 0.364. The summed E-state index contributed by atoms with van der Waals surface area (Å²) in [7, 11) is -2.93. The van der Waals surface area contributed by atoms with Gasteiger partial charge in [0.2, 0.25) is 0 Å². The molecule has 1 aromatic carbocycles. The number of hydrazine groups is 1. The molecule has 0 aliphatic carbocycles. The minimum atomic E-state index is -2.93. The van der Waals surface area contributed by atoms with Crippen LogP contribution in [0.3, 0.4) is 0 Å². The average molecular weight is 288 g/mol. The van der Waals surface area contributed by atoms with Gasteiger partial charge in [-0.25, -0.2) is 14.3 Å². The fourth-order valence-electron chi connectivity index (χ4n) is 1.34. The molecule has 1 rings (SSSR count). The molecule has 0 aliphatic heterocycles. The first-order chi connectivity index (χ1) is 8.44. The molecule has 0 heterocycles. The minimum Gasteiger partial charge on any atom is -0.290 e. The van der Waals surface area contributed by atoms with E-state index in [9.17, 15) is 13.2 Å². The predicted molar refractivity (Wildman–Crippen MR) is 74.0 cm³/mol. The molecule has 0 bridgehead atoms. The summed E-state index contributed by atoms with van der Waals surface area (Å²) < 4.78 is 21.9. The van der Waals surface area contributed by atoms with Gasteiger partial charge in [-0.1, -0.05) is 18.2 Å². The van der Waals surface area contributed by atoms with Crippen LogP contribution in [0.4, 0.5) is 0 Å². The van der Waals surface area contributed by atoms with Gasteiger partial charge in [0.15, 0.2) is 0 Å². The Bertz CT molecular complexity index is 515. The van der Waals surface area contributed by atoms with E-state index in [1.165, 1.54) is 18.0 Å². The molecule has 0 spiro atoms. The van der Waals surface area contributed by atoms with Crippen molar-refractivity contribution in [2.24, 2.45) is 5.84 Å². The summed E-state index contributed by atoms with van der Waals surface area (Å²) in [4.78, 5) is 11.5. The predicted octanol–water partition coefficient (Wildman–Crippen LogP) is 0.568. The van der Waals surface area contributed by atoms with Crippen LogP contribution in [0, 0.1) is 0 Å². The molecule has 1 amide bonds. The number of thioether (sulfide) groups is 1. The Labute approximate surface area is 111 Å². The lowest BCUT2D eigenvalue weighted by Gasteiger charge is -2.07. The number of nitrogen functional groups attached to an aromatic ring is 1. The smallest absolute Gasteiger partial charge is 0.265 e. The van der Waals surface area contributed by atoms with E-state index in [4.69, 9.17) is 5.84 Å². The van der Waals surface area contributed by atoms with Crippen molar-refractivity contribution in [2.75, 3.05) is 17.8 Å². The highest BCUT2D eigenvalue weighted by Crippen LogP contribution is 2.16. The number of carbonyl (C=O) groups excluding carboxylic acids is 1. The number of sulfone groups is 1. The topological polar surface area (TPSA) is 89.3 Å². The third kappa shape index (κ3) is 5.07. The maximum atomic E-state index is 11.5. The Hall–Kier alpha value is -1.05. The maximum absolute atomic E-state index is 11.5. The first-order valence-corrected chi connectivity index (χ1v) is 8.50. The number of benzene rings is 1. The van der Waals surface area contributed by atoms with Crippen molar-refractivity contribution in [3.63, 3.8) is 0 Å². The summed E-state index contributed by atoms with van der Waals surface area (Å²) in [5, 5.41) is 0. The number of nitrogens with two attached hydrogens (primary N) is 1. The van der Waals surface area contributed by atoms with Crippen molar-refractivity contribution in [2.45, 2.75) is 5.75 Å². The standard InChI is InChI=1S/C11H16N2O3S2/c1-18(15,16)7-6-17-8-9-4-2-3-5-10(9)11(14)13-12/h2-5H,6-8,12H2,1H3,(H,13,14). The molecule has 0 aliphatic rings. The third-order valence-corrected chi connectivity index (χ3v) is 4.46. The van der Waals surface area contributed by atoms with Gasteiger partial charge in [-0.3, -0.25) is 10.2 Å². The average Bonchev–Trinajstić information content (AvgIpc) is 2.33. The number of carbonyl (C=O) groups is 1. The van der Waals surface area contributed by atoms with Crippen LogP contribution in [0.25, 0.3) is 0 Å². The van der Waals surface area contributed by atoms with Crippen molar-refractivity contribution in [1.29, 1.82) is 0 Å². The van der Waals surface area contributed by atoms with Crippen LogP contribution in [0.2, 0.25) is 0 Å². The summed E-state index contributed by atoms with van der Waals surface area (Å²) in [6.45, 7) is 0. The highest BCUT2D eigenvalue weighted by atomic mass is 32.2.